The topological polar surface area (TPSA) is 154 Å². The predicted octanol–water partition coefficient (Wildman–Crippen LogP) is 1.32. The van der Waals surface area contributed by atoms with Crippen LogP contribution in [-0.2, 0) is 11.3 Å². The second-order valence-electron chi connectivity index (χ2n) is 7.01. The van der Waals surface area contributed by atoms with Gasteiger partial charge in [0.25, 0.3) is 5.91 Å². The number of carbonyl (C=O) groups excluding carboxylic acids is 2. The number of pyridine rings is 2. The van der Waals surface area contributed by atoms with Crippen molar-refractivity contribution in [2.75, 3.05) is 23.1 Å². The summed E-state index contributed by atoms with van der Waals surface area (Å²) in [6, 6.07) is 8.46. The van der Waals surface area contributed by atoms with E-state index in [4.69, 9.17) is 0 Å². The number of rotatable bonds is 4. The lowest BCUT2D eigenvalue weighted by molar-refractivity contribution is -0.119. The molecule has 2 amide bonds. The van der Waals surface area contributed by atoms with Crippen molar-refractivity contribution in [1.29, 1.82) is 0 Å². The van der Waals surface area contributed by atoms with Crippen molar-refractivity contribution in [3.05, 3.63) is 59.7 Å². The monoisotopic (exact) mass is 459 g/mol. The maximum Gasteiger partial charge on any atom is 0.274 e. The van der Waals surface area contributed by atoms with Crippen LogP contribution in [0.5, 0.6) is 5.75 Å². The maximum absolute atomic E-state index is 13.1. The summed E-state index contributed by atoms with van der Waals surface area (Å²) in [5.74, 6) is -2.81. The Morgan fingerprint density at radius 3 is 2.78 bits per heavy atom. The van der Waals surface area contributed by atoms with Crippen LogP contribution in [0.1, 0.15) is 16.1 Å². The second kappa shape index (κ2) is 8.57. The largest absolute Gasteiger partial charge is 0.783 e. The highest BCUT2D eigenvalue weighted by atomic mass is 32.3. The van der Waals surface area contributed by atoms with Crippen molar-refractivity contribution in [3.63, 3.8) is 0 Å². The van der Waals surface area contributed by atoms with E-state index in [1.54, 1.807) is 0 Å². The molecule has 1 fully saturated rings. The minimum absolute atomic E-state index is 0.0141. The van der Waals surface area contributed by atoms with Crippen LogP contribution < -0.4 is 14.9 Å². The Hall–Kier alpha value is -3.48. The first-order valence-electron chi connectivity index (χ1n) is 9.54. The number of sulfonamides is 1. The number of aromatic nitrogens is 2. The third kappa shape index (κ3) is 4.28. The minimum atomic E-state index is -3.94. The first-order valence-corrected chi connectivity index (χ1v) is 11.1. The van der Waals surface area contributed by atoms with Crippen molar-refractivity contribution in [1.82, 2.24) is 20.6 Å². The molecule has 4 rings (SSSR count). The van der Waals surface area contributed by atoms with Gasteiger partial charge in [0, 0.05) is 30.4 Å². The summed E-state index contributed by atoms with van der Waals surface area (Å²) in [5.41, 5.74) is 0.114. The second-order valence-corrected chi connectivity index (χ2v) is 9.03. The third-order valence-corrected chi connectivity index (χ3v) is 6.53. The van der Waals surface area contributed by atoms with E-state index < -0.39 is 46.4 Å². The van der Waals surface area contributed by atoms with Gasteiger partial charge in [0.2, 0.25) is 5.91 Å². The molecule has 3 heterocycles. The molecule has 1 aliphatic heterocycles. The molecule has 0 aliphatic carbocycles. The summed E-state index contributed by atoms with van der Waals surface area (Å²) in [6.07, 6.45) is 1.37. The number of benzene rings is 1. The summed E-state index contributed by atoms with van der Waals surface area (Å²) in [4.78, 5) is 33.0. The van der Waals surface area contributed by atoms with Gasteiger partial charge in [-0.25, -0.2) is 9.37 Å². The zero-order valence-electron chi connectivity index (χ0n) is 16.6. The van der Waals surface area contributed by atoms with Crippen LogP contribution in [0, 0.1) is 5.82 Å². The molecule has 3 aromatic rings. The number of amides is 2. The molecule has 0 radical (unpaired) electrons. The molecule has 32 heavy (non-hydrogen) atoms. The van der Waals surface area contributed by atoms with Crippen LogP contribution in [0.4, 0.5) is 10.2 Å². The molecule has 3 N–H and O–H groups in total. The molecule has 0 atom stereocenters. The van der Waals surface area contributed by atoms with Gasteiger partial charge in [-0.1, -0.05) is 12.1 Å². The van der Waals surface area contributed by atoms with Gasteiger partial charge in [-0.3, -0.25) is 14.6 Å². The van der Waals surface area contributed by atoms with E-state index in [0.29, 0.717) is 5.56 Å². The number of hydrogen-bond acceptors (Lipinski definition) is 8. The van der Waals surface area contributed by atoms with Crippen LogP contribution in [0.3, 0.4) is 0 Å². The van der Waals surface area contributed by atoms with Gasteiger partial charge < -0.3 is 39.9 Å². The average molecular weight is 459 g/mol. The lowest BCUT2D eigenvalue weighted by atomic mass is 10.2. The molecule has 168 valence electrons. The van der Waals surface area contributed by atoms with Gasteiger partial charge in [0.05, 0.1) is 0 Å². The molecule has 0 spiro atoms. The van der Waals surface area contributed by atoms with Gasteiger partial charge >= 0.3 is 0 Å². The highest BCUT2D eigenvalue weighted by Gasteiger charge is 2.26. The highest BCUT2D eigenvalue weighted by molar-refractivity contribution is 8.25. The van der Waals surface area contributed by atoms with Crippen molar-refractivity contribution in [2.45, 2.75) is 6.54 Å². The Morgan fingerprint density at radius 1 is 1.28 bits per heavy atom. The summed E-state index contributed by atoms with van der Waals surface area (Å²) in [6.45, 7) is -0.571. The smallest absolute Gasteiger partial charge is 0.274 e. The quantitative estimate of drug-likeness (QED) is 0.528. The Balaban J connectivity index is 1.75. The van der Waals surface area contributed by atoms with Gasteiger partial charge in [-0.15, -0.1) is 0 Å². The molecule has 0 saturated carbocycles. The summed E-state index contributed by atoms with van der Waals surface area (Å²) in [5, 5.41) is 15.8. The van der Waals surface area contributed by atoms with Crippen molar-refractivity contribution in [3.8, 4) is 5.75 Å². The van der Waals surface area contributed by atoms with E-state index in [2.05, 4.69) is 20.6 Å². The van der Waals surface area contributed by atoms with E-state index in [-0.39, 0.29) is 35.6 Å². The van der Waals surface area contributed by atoms with E-state index >= 15 is 0 Å². The Labute approximate surface area is 183 Å². The molecule has 10 nitrogen and oxygen atoms in total. The number of nitrogens with one attached hydrogen (secondary N) is 2. The highest BCUT2D eigenvalue weighted by Crippen LogP contribution is 2.47. The van der Waals surface area contributed by atoms with E-state index in [1.165, 1.54) is 42.6 Å². The number of anilines is 1. The molecular weight excluding hydrogens is 441 g/mol. The molecule has 0 unspecified atom stereocenters. The number of fused-ring (bicyclic) bond motifs is 1. The fourth-order valence-corrected chi connectivity index (χ4v) is 4.54. The average Bonchev–Trinajstić information content (AvgIpc) is 2.90. The SMILES string of the molecule is O=C1CN(c2nc(C(=O)NCc3ccc(F)cc3)c(O)c3ncccc23)S([O-])([O-])CCN1. The number of hydrogen-bond donors (Lipinski definition) is 3. The number of aromatic hydroxyl groups is 1. The zero-order chi connectivity index (χ0) is 22.9. The fourth-order valence-electron chi connectivity index (χ4n) is 3.24. The first kappa shape index (κ1) is 21.7. The van der Waals surface area contributed by atoms with E-state index in [0.717, 1.165) is 4.31 Å². The fraction of sp³-hybridized carbons (Fsp3) is 0.200. The predicted molar refractivity (Wildman–Crippen MR) is 113 cm³/mol. The Kier molecular flexibility index (Phi) is 5.82. The molecule has 2 aromatic heterocycles. The van der Waals surface area contributed by atoms with Crippen LogP contribution in [0.25, 0.3) is 10.9 Å². The summed E-state index contributed by atoms with van der Waals surface area (Å²) >= 11 is 0. The van der Waals surface area contributed by atoms with Crippen molar-refractivity contribution in [2.24, 2.45) is 0 Å². The summed E-state index contributed by atoms with van der Waals surface area (Å²) < 4.78 is 39.4. The minimum Gasteiger partial charge on any atom is -0.783 e. The zero-order valence-corrected chi connectivity index (χ0v) is 17.4. The molecule has 1 aromatic carbocycles. The van der Waals surface area contributed by atoms with Crippen molar-refractivity contribution >= 4 is 39.3 Å². The van der Waals surface area contributed by atoms with Crippen LogP contribution in [0.15, 0.2) is 42.6 Å². The van der Waals surface area contributed by atoms with Crippen LogP contribution in [0.2, 0.25) is 0 Å². The standard InChI is InChI=1S/C20H20FN5O5S/c21-13-5-3-12(4-6-13)10-24-20(29)17-18(28)16-14(2-1-7-23-16)19(25-17)26-11-15(27)22-8-9-32(26,30)31/h1-7,28,30-31H,8-11H2,(H,22,27)(H,24,29)/p-2. The summed E-state index contributed by atoms with van der Waals surface area (Å²) in [7, 11) is -3.94. The van der Waals surface area contributed by atoms with E-state index in [9.17, 15) is 28.2 Å². The molecule has 1 saturated heterocycles. The Bertz CT molecular complexity index is 1190. The molecule has 12 heteroatoms. The number of halogens is 1. The Morgan fingerprint density at radius 2 is 2.03 bits per heavy atom. The number of nitrogens with zero attached hydrogens (tertiary/aromatic N) is 3. The van der Waals surface area contributed by atoms with Gasteiger partial charge in [0.1, 0.15) is 17.9 Å². The lowest BCUT2D eigenvalue weighted by Crippen LogP contribution is -2.35. The molecule has 1 aliphatic rings. The molecule has 0 bridgehead atoms. The van der Waals surface area contributed by atoms with Gasteiger partial charge in [0.15, 0.2) is 17.3 Å². The van der Waals surface area contributed by atoms with Gasteiger partial charge in [-0.05, 0) is 29.8 Å². The number of carbonyl (C=O) groups is 2. The molecular formula is C20H18FN5O5S-2. The van der Waals surface area contributed by atoms with Crippen molar-refractivity contribution < 1.29 is 28.2 Å². The van der Waals surface area contributed by atoms with Gasteiger partial charge in [-0.2, -0.15) is 0 Å². The third-order valence-electron chi connectivity index (χ3n) is 4.84. The maximum atomic E-state index is 13.1. The normalized spacial score (nSPS) is 16.8. The van der Waals surface area contributed by atoms with Crippen LogP contribution in [-0.4, -0.2) is 54.8 Å². The first-order chi connectivity index (χ1) is 15.3. The van der Waals surface area contributed by atoms with Crippen LogP contribution >= 0.6 is 10.8 Å². The lowest BCUT2D eigenvalue weighted by Gasteiger charge is -2.65. The van der Waals surface area contributed by atoms with E-state index in [1.807, 2.05) is 0 Å².